The minimum absolute atomic E-state index is 0. The van der Waals surface area contributed by atoms with E-state index in [1.54, 1.807) is 0 Å². The molecule has 1 fully saturated rings. The van der Waals surface area contributed by atoms with Crippen LogP contribution < -0.4 is 11.3 Å². The van der Waals surface area contributed by atoms with Gasteiger partial charge in [-0.1, -0.05) is 0 Å². The van der Waals surface area contributed by atoms with Gasteiger partial charge in [0.2, 0.25) is 0 Å². The first kappa shape index (κ1) is 10.1. The zero-order chi connectivity index (χ0) is 6.53. The van der Waals surface area contributed by atoms with Gasteiger partial charge in [0, 0.05) is 13.1 Å². The third kappa shape index (κ3) is 3.34. The molecular formula is C5H14ClN3O. The fourth-order valence-corrected chi connectivity index (χ4v) is 0.888. The Kier molecular flexibility index (Phi) is 5.96. The van der Waals surface area contributed by atoms with Crippen LogP contribution in [0.5, 0.6) is 0 Å². The highest BCUT2D eigenvalue weighted by atomic mass is 35.5. The summed E-state index contributed by atoms with van der Waals surface area (Å²) in [6.45, 7) is 4.42. The summed E-state index contributed by atoms with van der Waals surface area (Å²) in [5, 5.41) is 0. The van der Waals surface area contributed by atoms with E-state index >= 15 is 0 Å². The van der Waals surface area contributed by atoms with E-state index in [-0.39, 0.29) is 12.4 Å². The summed E-state index contributed by atoms with van der Waals surface area (Å²) in [4.78, 5) is 2.21. The minimum Gasteiger partial charge on any atom is -0.379 e. The van der Waals surface area contributed by atoms with E-state index in [2.05, 4.69) is 10.3 Å². The van der Waals surface area contributed by atoms with Crippen LogP contribution in [-0.4, -0.2) is 37.9 Å². The Morgan fingerprint density at radius 3 is 2.50 bits per heavy atom. The van der Waals surface area contributed by atoms with Gasteiger partial charge in [-0.05, 0) is 0 Å². The summed E-state index contributed by atoms with van der Waals surface area (Å²) < 4.78 is 5.14. The molecule has 0 aliphatic carbocycles. The molecule has 3 N–H and O–H groups in total. The highest BCUT2D eigenvalue weighted by Gasteiger charge is 2.07. The molecule has 0 aromatic rings. The molecule has 5 heteroatoms. The summed E-state index contributed by atoms with van der Waals surface area (Å²) in [7, 11) is 0. The van der Waals surface area contributed by atoms with E-state index in [1.807, 2.05) is 0 Å². The van der Waals surface area contributed by atoms with Crippen LogP contribution in [-0.2, 0) is 4.74 Å². The number of nitrogens with zero attached hydrogens (tertiary/aromatic N) is 1. The molecule has 1 aliphatic rings. The van der Waals surface area contributed by atoms with Crippen LogP contribution in [0, 0.1) is 0 Å². The van der Waals surface area contributed by atoms with E-state index in [0.29, 0.717) is 0 Å². The molecule has 0 aromatic heterocycles. The highest BCUT2D eigenvalue weighted by Crippen LogP contribution is 1.92. The zero-order valence-electron chi connectivity index (χ0n) is 5.88. The van der Waals surface area contributed by atoms with E-state index in [1.165, 1.54) is 0 Å². The Hall–Kier alpha value is 0.130. The zero-order valence-corrected chi connectivity index (χ0v) is 6.69. The number of halogens is 1. The van der Waals surface area contributed by atoms with Gasteiger partial charge in [0.1, 0.15) is 0 Å². The van der Waals surface area contributed by atoms with Crippen molar-refractivity contribution in [1.29, 1.82) is 0 Å². The minimum atomic E-state index is 0. The second kappa shape index (κ2) is 5.88. The molecule has 4 nitrogen and oxygen atoms in total. The number of ether oxygens (including phenoxy) is 1. The molecule has 1 aliphatic heterocycles. The molecule has 0 atom stereocenters. The molecule has 1 saturated heterocycles. The van der Waals surface area contributed by atoms with Gasteiger partial charge in [-0.25, -0.2) is 5.43 Å². The van der Waals surface area contributed by atoms with Crippen LogP contribution >= 0.6 is 12.4 Å². The fraction of sp³-hybridized carbons (Fsp3) is 1.00. The lowest BCUT2D eigenvalue weighted by Crippen LogP contribution is -2.44. The summed E-state index contributed by atoms with van der Waals surface area (Å²) in [6, 6.07) is 0. The van der Waals surface area contributed by atoms with Crippen molar-refractivity contribution >= 4 is 12.4 Å². The van der Waals surface area contributed by atoms with Crippen LogP contribution in [0.25, 0.3) is 0 Å². The number of hydrogen-bond acceptors (Lipinski definition) is 4. The monoisotopic (exact) mass is 167 g/mol. The standard InChI is InChI=1S/C5H13N3O.ClH/c6-7-5-8-1-3-9-4-2-8;/h7H,1-6H2;1H. The molecule has 1 rings (SSSR count). The van der Waals surface area contributed by atoms with Gasteiger partial charge in [0.15, 0.2) is 0 Å². The first-order valence-electron chi connectivity index (χ1n) is 3.17. The van der Waals surface area contributed by atoms with E-state index in [0.717, 1.165) is 33.0 Å². The lowest BCUT2D eigenvalue weighted by Gasteiger charge is -2.25. The first-order chi connectivity index (χ1) is 4.43. The van der Waals surface area contributed by atoms with Crippen molar-refractivity contribution in [3.8, 4) is 0 Å². The maximum Gasteiger partial charge on any atom is 0.0614 e. The Morgan fingerprint density at radius 2 is 2.00 bits per heavy atom. The average molecular weight is 168 g/mol. The van der Waals surface area contributed by atoms with Gasteiger partial charge in [-0.15, -0.1) is 12.4 Å². The Balaban J connectivity index is 0.000000810. The Labute approximate surface area is 67.1 Å². The van der Waals surface area contributed by atoms with Gasteiger partial charge in [-0.2, -0.15) is 0 Å². The van der Waals surface area contributed by atoms with Crippen LogP contribution in [0.2, 0.25) is 0 Å². The topological polar surface area (TPSA) is 50.5 Å². The van der Waals surface area contributed by atoms with Crippen molar-refractivity contribution < 1.29 is 4.74 Å². The van der Waals surface area contributed by atoms with Gasteiger partial charge < -0.3 is 4.74 Å². The van der Waals surface area contributed by atoms with Gasteiger partial charge in [-0.3, -0.25) is 10.7 Å². The molecular weight excluding hydrogens is 154 g/mol. The average Bonchev–Trinajstić information content (AvgIpc) is 1.91. The number of nitrogens with one attached hydrogen (secondary N) is 1. The number of hydrazine groups is 1. The molecule has 62 valence electrons. The quantitative estimate of drug-likeness (QED) is 0.416. The van der Waals surface area contributed by atoms with Crippen molar-refractivity contribution in [3.05, 3.63) is 0 Å². The van der Waals surface area contributed by atoms with Gasteiger partial charge in [0.05, 0.1) is 19.9 Å². The van der Waals surface area contributed by atoms with Crippen LogP contribution in [0.4, 0.5) is 0 Å². The predicted molar refractivity (Wildman–Crippen MR) is 41.8 cm³/mol. The summed E-state index contributed by atoms with van der Waals surface area (Å²) in [5.74, 6) is 5.13. The molecule has 0 spiro atoms. The second-order valence-electron chi connectivity index (χ2n) is 2.09. The van der Waals surface area contributed by atoms with Gasteiger partial charge >= 0.3 is 0 Å². The third-order valence-corrected chi connectivity index (χ3v) is 1.42. The lowest BCUT2D eigenvalue weighted by atomic mass is 10.5. The smallest absolute Gasteiger partial charge is 0.0614 e. The maximum absolute atomic E-state index is 5.14. The number of hydrogen-bond donors (Lipinski definition) is 2. The molecule has 0 radical (unpaired) electrons. The van der Waals surface area contributed by atoms with Crippen molar-refractivity contribution in [1.82, 2.24) is 10.3 Å². The normalized spacial score (nSPS) is 20.1. The molecule has 0 bridgehead atoms. The number of morpholine rings is 1. The first-order valence-corrected chi connectivity index (χ1v) is 3.17. The summed E-state index contributed by atoms with van der Waals surface area (Å²) in [5.41, 5.74) is 2.61. The summed E-state index contributed by atoms with van der Waals surface area (Å²) >= 11 is 0. The van der Waals surface area contributed by atoms with Crippen LogP contribution in [0.3, 0.4) is 0 Å². The van der Waals surface area contributed by atoms with Crippen molar-refractivity contribution in [2.24, 2.45) is 5.84 Å². The third-order valence-electron chi connectivity index (χ3n) is 1.42. The molecule has 0 saturated carbocycles. The van der Waals surface area contributed by atoms with Crippen molar-refractivity contribution in [3.63, 3.8) is 0 Å². The molecule has 1 heterocycles. The van der Waals surface area contributed by atoms with E-state index < -0.39 is 0 Å². The second-order valence-corrected chi connectivity index (χ2v) is 2.09. The number of nitrogens with two attached hydrogens (primary N) is 1. The Morgan fingerprint density at radius 1 is 1.40 bits per heavy atom. The fourth-order valence-electron chi connectivity index (χ4n) is 0.888. The molecule has 0 unspecified atom stereocenters. The summed E-state index contributed by atoms with van der Waals surface area (Å²) in [6.07, 6.45) is 0. The predicted octanol–water partition coefficient (Wildman–Crippen LogP) is -0.839. The van der Waals surface area contributed by atoms with Crippen molar-refractivity contribution in [2.45, 2.75) is 0 Å². The molecule has 0 aromatic carbocycles. The van der Waals surface area contributed by atoms with E-state index in [4.69, 9.17) is 10.6 Å². The highest BCUT2D eigenvalue weighted by molar-refractivity contribution is 5.85. The molecule has 0 amide bonds. The van der Waals surface area contributed by atoms with Gasteiger partial charge in [0.25, 0.3) is 0 Å². The SMILES string of the molecule is Cl.NNCN1CCOCC1. The lowest BCUT2D eigenvalue weighted by molar-refractivity contribution is 0.0342. The largest absolute Gasteiger partial charge is 0.379 e. The van der Waals surface area contributed by atoms with Crippen molar-refractivity contribution in [2.75, 3.05) is 33.0 Å². The van der Waals surface area contributed by atoms with E-state index in [9.17, 15) is 0 Å². The molecule has 10 heavy (non-hydrogen) atoms. The van der Waals surface area contributed by atoms with Crippen LogP contribution in [0.1, 0.15) is 0 Å². The Bertz CT molecular complexity index is 74.5. The maximum atomic E-state index is 5.14. The number of rotatable bonds is 2. The van der Waals surface area contributed by atoms with Crippen LogP contribution in [0.15, 0.2) is 0 Å².